The minimum absolute atomic E-state index is 0.00509. The lowest BCUT2D eigenvalue weighted by Gasteiger charge is -2.09. The number of rotatable bonds is 6. The standard InChI is InChI=1S/C20H18N2O5/c1-3-22-19(24)16-10-5-4-9-15(16)18(21-22)20(25)27-12-17(23)13-7-6-8-14(11-13)26-2/h4-11H,3,12H2,1-2H3. The molecule has 138 valence electrons. The summed E-state index contributed by atoms with van der Waals surface area (Å²) in [6.45, 7) is 1.63. The third-order valence-electron chi connectivity index (χ3n) is 4.09. The highest BCUT2D eigenvalue weighted by Crippen LogP contribution is 2.16. The van der Waals surface area contributed by atoms with E-state index >= 15 is 0 Å². The van der Waals surface area contributed by atoms with Crippen LogP contribution < -0.4 is 10.3 Å². The van der Waals surface area contributed by atoms with Gasteiger partial charge in [-0.3, -0.25) is 9.59 Å². The second kappa shape index (κ2) is 7.82. The van der Waals surface area contributed by atoms with Gasteiger partial charge in [-0.25, -0.2) is 9.48 Å². The van der Waals surface area contributed by atoms with Gasteiger partial charge in [-0.1, -0.05) is 30.3 Å². The van der Waals surface area contributed by atoms with E-state index in [2.05, 4.69) is 5.10 Å². The van der Waals surface area contributed by atoms with Crippen molar-refractivity contribution >= 4 is 22.5 Å². The summed E-state index contributed by atoms with van der Waals surface area (Å²) in [6.07, 6.45) is 0. The van der Waals surface area contributed by atoms with Gasteiger partial charge in [0.1, 0.15) is 5.75 Å². The highest BCUT2D eigenvalue weighted by molar-refractivity contribution is 6.04. The van der Waals surface area contributed by atoms with Gasteiger partial charge >= 0.3 is 5.97 Å². The third kappa shape index (κ3) is 3.72. The Bertz CT molecular complexity index is 1070. The number of hydrogen-bond acceptors (Lipinski definition) is 6. The quantitative estimate of drug-likeness (QED) is 0.492. The van der Waals surface area contributed by atoms with Gasteiger partial charge in [-0.05, 0) is 25.1 Å². The molecule has 0 aliphatic carbocycles. The van der Waals surface area contributed by atoms with Gasteiger partial charge in [-0.15, -0.1) is 0 Å². The molecule has 0 bridgehead atoms. The Labute approximate surface area is 155 Å². The lowest BCUT2D eigenvalue weighted by Crippen LogP contribution is -2.26. The molecule has 1 aromatic heterocycles. The van der Waals surface area contributed by atoms with Crippen molar-refractivity contribution in [3.05, 3.63) is 70.1 Å². The zero-order chi connectivity index (χ0) is 19.4. The lowest BCUT2D eigenvalue weighted by molar-refractivity contribution is 0.0468. The molecule has 0 fully saturated rings. The van der Waals surface area contributed by atoms with Crippen LogP contribution in [-0.2, 0) is 11.3 Å². The Kier molecular flexibility index (Phi) is 5.30. The molecule has 3 aromatic rings. The van der Waals surface area contributed by atoms with Crippen LogP contribution in [0.25, 0.3) is 10.8 Å². The van der Waals surface area contributed by atoms with E-state index < -0.39 is 12.6 Å². The average molecular weight is 366 g/mol. The predicted molar refractivity (Wildman–Crippen MR) is 99.3 cm³/mol. The monoisotopic (exact) mass is 366 g/mol. The first-order valence-corrected chi connectivity index (χ1v) is 8.39. The molecular weight excluding hydrogens is 348 g/mol. The van der Waals surface area contributed by atoms with Crippen molar-refractivity contribution in [2.45, 2.75) is 13.5 Å². The molecule has 0 spiro atoms. The number of fused-ring (bicyclic) bond motifs is 1. The molecule has 0 saturated heterocycles. The predicted octanol–water partition coefficient (Wildman–Crippen LogP) is 2.46. The number of Topliss-reactive ketones (excluding diaryl/α,β-unsaturated/α-hetero) is 1. The molecule has 7 heteroatoms. The van der Waals surface area contributed by atoms with E-state index in [1.807, 2.05) is 0 Å². The Morgan fingerprint density at radius 1 is 1.07 bits per heavy atom. The number of benzene rings is 2. The molecule has 0 amide bonds. The van der Waals surface area contributed by atoms with Crippen LogP contribution >= 0.6 is 0 Å². The molecule has 7 nitrogen and oxygen atoms in total. The zero-order valence-electron chi connectivity index (χ0n) is 15.0. The van der Waals surface area contributed by atoms with E-state index in [1.54, 1.807) is 55.5 Å². The SMILES string of the molecule is CCn1nc(C(=O)OCC(=O)c2cccc(OC)c2)c2ccccc2c1=O. The molecule has 1 heterocycles. The summed E-state index contributed by atoms with van der Waals surface area (Å²) in [5, 5.41) is 4.87. The van der Waals surface area contributed by atoms with Crippen LogP contribution in [-0.4, -0.2) is 35.2 Å². The number of aromatic nitrogens is 2. The maximum Gasteiger partial charge on any atom is 0.359 e. The van der Waals surface area contributed by atoms with E-state index in [4.69, 9.17) is 9.47 Å². The van der Waals surface area contributed by atoms with Gasteiger partial charge in [0.05, 0.1) is 12.5 Å². The van der Waals surface area contributed by atoms with Gasteiger partial charge in [-0.2, -0.15) is 5.10 Å². The Morgan fingerprint density at radius 2 is 1.81 bits per heavy atom. The highest BCUT2D eigenvalue weighted by atomic mass is 16.5. The van der Waals surface area contributed by atoms with Gasteiger partial charge in [0.15, 0.2) is 18.1 Å². The number of nitrogens with zero attached hydrogens (tertiary/aromatic N) is 2. The van der Waals surface area contributed by atoms with Crippen LogP contribution in [0, 0.1) is 0 Å². The second-order valence-electron chi connectivity index (χ2n) is 5.75. The maximum absolute atomic E-state index is 12.5. The molecule has 0 atom stereocenters. The van der Waals surface area contributed by atoms with Crippen molar-refractivity contribution in [2.24, 2.45) is 0 Å². The molecule has 0 N–H and O–H groups in total. The van der Waals surface area contributed by atoms with Gasteiger partial charge in [0.2, 0.25) is 0 Å². The van der Waals surface area contributed by atoms with Crippen LogP contribution in [0.3, 0.4) is 0 Å². The minimum Gasteiger partial charge on any atom is -0.497 e. The molecule has 0 aliphatic heterocycles. The lowest BCUT2D eigenvalue weighted by atomic mass is 10.1. The molecular formula is C20H18N2O5. The fraction of sp³-hybridized carbons (Fsp3) is 0.200. The van der Waals surface area contributed by atoms with Crippen molar-refractivity contribution in [3.63, 3.8) is 0 Å². The van der Waals surface area contributed by atoms with Gasteiger partial charge in [0.25, 0.3) is 5.56 Å². The summed E-state index contributed by atoms with van der Waals surface area (Å²) in [4.78, 5) is 37.1. The van der Waals surface area contributed by atoms with Crippen molar-refractivity contribution in [2.75, 3.05) is 13.7 Å². The normalized spacial score (nSPS) is 10.6. The third-order valence-corrected chi connectivity index (χ3v) is 4.09. The van der Waals surface area contributed by atoms with E-state index in [0.29, 0.717) is 28.6 Å². The summed E-state index contributed by atoms with van der Waals surface area (Å²) in [5.41, 5.74) is 0.0982. The van der Waals surface area contributed by atoms with Crippen LogP contribution in [0.5, 0.6) is 5.75 Å². The van der Waals surface area contributed by atoms with E-state index in [0.717, 1.165) is 0 Å². The first-order valence-electron chi connectivity index (χ1n) is 8.39. The van der Waals surface area contributed by atoms with Crippen molar-refractivity contribution in [1.29, 1.82) is 0 Å². The van der Waals surface area contributed by atoms with Crippen molar-refractivity contribution in [3.8, 4) is 5.75 Å². The second-order valence-corrected chi connectivity index (χ2v) is 5.75. The first kappa shape index (κ1) is 18.3. The fourth-order valence-corrected chi connectivity index (χ4v) is 2.68. The van der Waals surface area contributed by atoms with Crippen LogP contribution in [0.4, 0.5) is 0 Å². The van der Waals surface area contributed by atoms with E-state index in [-0.39, 0.29) is 17.0 Å². The molecule has 0 unspecified atom stereocenters. The molecule has 27 heavy (non-hydrogen) atoms. The number of ether oxygens (including phenoxy) is 2. The molecule has 2 aromatic carbocycles. The maximum atomic E-state index is 12.5. The summed E-state index contributed by atoms with van der Waals surface area (Å²) in [5.74, 6) is -0.588. The number of aryl methyl sites for hydroxylation is 1. The molecule has 3 rings (SSSR count). The topological polar surface area (TPSA) is 87.5 Å². The Morgan fingerprint density at radius 3 is 2.52 bits per heavy atom. The van der Waals surface area contributed by atoms with Gasteiger partial charge in [0, 0.05) is 17.5 Å². The van der Waals surface area contributed by atoms with Crippen LogP contribution in [0.2, 0.25) is 0 Å². The van der Waals surface area contributed by atoms with Gasteiger partial charge < -0.3 is 9.47 Å². The largest absolute Gasteiger partial charge is 0.497 e. The number of esters is 1. The van der Waals surface area contributed by atoms with E-state index in [1.165, 1.54) is 11.8 Å². The van der Waals surface area contributed by atoms with Crippen LogP contribution in [0.15, 0.2) is 53.3 Å². The van der Waals surface area contributed by atoms with E-state index in [9.17, 15) is 14.4 Å². The number of ketones is 1. The molecule has 0 radical (unpaired) electrons. The fourth-order valence-electron chi connectivity index (χ4n) is 2.68. The zero-order valence-corrected chi connectivity index (χ0v) is 15.0. The molecule has 0 saturated carbocycles. The number of hydrogen-bond donors (Lipinski definition) is 0. The minimum atomic E-state index is -0.760. The van der Waals surface area contributed by atoms with Crippen molar-refractivity contribution < 1.29 is 19.1 Å². The molecule has 0 aliphatic rings. The average Bonchev–Trinajstić information content (AvgIpc) is 2.72. The summed E-state index contributed by atoms with van der Waals surface area (Å²) in [7, 11) is 1.50. The highest BCUT2D eigenvalue weighted by Gasteiger charge is 2.19. The van der Waals surface area contributed by atoms with Crippen LogP contribution in [0.1, 0.15) is 27.8 Å². The summed E-state index contributed by atoms with van der Waals surface area (Å²) < 4.78 is 11.4. The number of carbonyl (C=O) groups excluding carboxylic acids is 2. The van der Waals surface area contributed by atoms with Crippen molar-refractivity contribution in [1.82, 2.24) is 9.78 Å². The first-order chi connectivity index (χ1) is 13.0. The Balaban J connectivity index is 1.85. The summed E-state index contributed by atoms with van der Waals surface area (Å²) >= 11 is 0. The Hall–Kier alpha value is -3.48. The smallest absolute Gasteiger partial charge is 0.359 e. The number of methoxy groups -OCH3 is 1. The summed E-state index contributed by atoms with van der Waals surface area (Å²) in [6, 6.07) is 13.3. The number of carbonyl (C=O) groups is 2.